The molecule has 9 heteroatoms. The maximum Gasteiger partial charge on any atom is 0.293 e. The largest absolute Gasteiger partial charge is 0.372 e. The van der Waals surface area contributed by atoms with Crippen molar-refractivity contribution in [3.63, 3.8) is 0 Å². The van der Waals surface area contributed by atoms with Gasteiger partial charge in [-0.3, -0.25) is 10.1 Å². The third kappa shape index (κ3) is 2.74. The number of alkyl halides is 1. The van der Waals surface area contributed by atoms with Crippen LogP contribution in [0.4, 0.5) is 15.8 Å². The number of hydrogen-bond donors (Lipinski definition) is 1. The van der Waals surface area contributed by atoms with Crippen molar-refractivity contribution >= 4 is 21.4 Å². The Balaban J connectivity index is 3.68. The van der Waals surface area contributed by atoms with E-state index in [1.54, 1.807) is 0 Å². The second kappa shape index (κ2) is 4.86. The number of nitrogens with two attached hydrogens (primary N) is 1. The van der Waals surface area contributed by atoms with Gasteiger partial charge in [0.05, 0.1) is 9.82 Å². The van der Waals surface area contributed by atoms with E-state index in [2.05, 4.69) is 0 Å². The number of nitrogens with zero attached hydrogens (tertiary/aromatic N) is 2. The molecule has 2 N–H and O–H groups in total. The molecular weight excluding hydrogens is 265 g/mol. The number of rotatable bonds is 4. The zero-order valence-electron chi connectivity index (χ0n) is 9.75. The Labute approximate surface area is 103 Å². The maximum atomic E-state index is 12.8. The number of hydrogen-bond acceptors (Lipinski definition) is 5. The molecule has 0 radical (unpaired) electrons. The zero-order valence-corrected chi connectivity index (χ0v) is 10.6. The molecule has 1 aromatic carbocycles. The predicted molar refractivity (Wildman–Crippen MR) is 63.6 cm³/mol. The second-order valence-electron chi connectivity index (χ2n) is 3.78. The van der Waals surface area contributed by atoms with Crippen LogP contribution in [0.3, 0.4) is 0 Å². The molecule has 0 aliphatic heterocycles. The molecule has 100 valence electrons. The van der Waals surface area contributed by atoms with Crippen LogP contribution < -0.4 is 10.0 Å². The summed E-state index contributed by atoms with van der Waals surface area (Å²) in [7, 11) is -1.15. The third-order valence-corrected chi connectivity index (χ3v) is 3.28. The minimum Gasteiger partial charge on any atom is -0.372 e. The molecule has 0 saturated carbocycles. The summed E-state index contributed by atoms with van der Waals surface area (Å²) in [6.45, 7) is -1.08. The number of benzene rings is 1. The molecule has 0 amide bonds. The van der Waals surface area contributed by atoms with E-state index in [1.807, 2.05) is 0 Å². The quantitative estimate of drug-likeness (QED) is 0.646. The molecule has 0 saturated heterocycles. The molecule has 18 heavy (non-hydrogen) atoms. The van der Waals surface area contributed by atoms with E-state index in [-0.39, 0.29) is 11.3 Å². The highest BCUT2D eigenvalue weighted by atomic mass is 32.2. The molecule has 0 aromatic heterocycles. The molecule has 0 heterocycles. The van der Waals surface area contributed by atoms with Crippen molar-refractivity contribution in [3.05, 3.63) is 27.8 Å². The number of anilines is 1. The summed E-state index contributed by atoms with van der Waals surface area (Å²) < 4.78 is 35.3. The van der Waals surface area contributed by atoms with Crippen molar-refractivity contribution < 1.29 is 17.7 Å². The monoisotopic (exact) mass is 277 g/mol. The summed E-state index contributed by atoms with van der Waals surface area (Å²) >= 11 is 0. The van der Waals surface area contributed by atoms with Gasteiger partial charge in [0, 0.05) is 25.7 Å². The molecule has 0 unspecified atom stereocenters. The molecule has 0 spiro atoms. The van der Waals surface area contributed by atoms with Gasteiger partial charge in [0.1, 0.15) is 12.4 Å². The lowest BCUT2D eigenvalue weighted by atomic mass is 10.1. The van der Waals surface area contributed by atoms with E-state index < -0.39 is 32.2 Å². The van der Waals surface area contributed by atoms with Gasteiger partial charge in [-0.25, -0.2) is 17.9 Å². The first-order chi connectivity index (χ1) is 8.18. The summed E-state index contributed by atoms with van der Waals surface area (Å²) in [6, 6.07) is 1.89. The number of sulfonamides is 1. The lowest BCUT2D eigenvalue weighted by molar-refractivity contribution is -0.384. The van der Waals surface area contributed by atoms with E-state index in [9.17, 15) is 22.9 Å². The second-order valence-corrected chi connectivity index (χ2v) is 5.31. The molecule has 0 atom stereocenters. The van der Waals surface area contributed by atoms with Crippen LogP contribution in [-0.2, 0) is 16.7 Å². The first-order valence-corrected chi connectivity index (χ1v) is 6.30. The lowest BCUT2D eigenvalue weighted by Gasteiger charge is -2.15. The topological polar surface area (TPSA) is 107 Å². The Morgan fingerprint density at radius 1 is 1.44 bits per heavy atom. The van der Waals surface area contributed by atoms with Crippen LogP contribution in [-0.4, -0.2) is 27.4 Å². The van der Waals surface area contributed by atoms with Gasteiger partial charge < -0.3 is 4.90 Å². The summed E-state index contributed by atoms with van der Waals surface area (Å²) in [5.74, 6) is 0. The Morgan fingerprint density at radius 2 is 2.00 bits per heavy atom. The Bertz CT molecular complexity index is 586. The minimum absolute atomic E-state index is 0.111. The van der Waals surface area contributed by atoms with E-state index in [4.69, 9.17) is 5.14 Å². The summed E-state index contributed by atoms with van der Waals surface area (Å²) in [4.78, 5) is 10.9. The van der Waals surface area contributed by atoms with Crippen molar-refractivity contribution in [2.24, 2.45) is 5.14 Å². The highest BCUT2D eigenvalue weighted by Gasteiger charge is 2.24. The van der Waals surface area contributed by atoms with Crippen LogP contribution in [0.2, 0.25) is 0 Å². The minimum atomic E-state index is -4.21. The molecule has 7 nitrogen and oxygen atoms in total. The first kappa shape index (κ1) is 14.3. The van der Waals surface area contributed by atoms with Gasteiger partial charge in [0.2, 0.25) is 10.0 Å². The molecular formula is C9H12FN3O4S. The standard InChI is InChI=1S/C9H12FN3O4S/c1-12(2)7-3-6(5-10)9(18(11,16)17)4-8(7)13(14)15/h3-4H,5H2,1-2H3,(H2,11,16,17). The van der Waals surface area contributed by atoms with Gasteiger partial charge >= 0.3 is 0 Å². The van der Waals surface area contributed by atoms with Gasteiger partial charge in [-0.05, 0) is 6.07 Å². The molecule has 0 fully saturated rings. The van der Waals surface area contributed by atoms with Gasteiger partial charge in [-0.1, -0.05) is 0 Å². The normalized spacial score (nSPS) is 11.3. The van der Waals surface area contributed by atoms with Crippen molar-refractivity contribution in [2.75, 3.05) is 19.0 Å². The Kier molecular flexibility index (Phi) is 3.87. The number of nitro groups is 1. The Hall–Kier alpha value is -1.74. The molecule has 0 aliphatic carbocycles. The summed E-state index contributed by atoms with van der Waals surface area (Å²) in [5, 5.41) is 15.8. The van der Waals surface area contributed by atoms with Crippen molar-refractivity contribution in [1.82, 2.24) is 0 Å². The van der Waals surface area contributed by atoms with Gasteiger partial charge in [0.25, 0.3) is 5.69 Å². The van der Waals surface area contributed by atoms with Crippen LogP contribution in [0.1, 0.15) is 5.56 Å². The average molecular weight is 277 g/mol. The number of nitro benzene ring substituents is 1. The van der Waals surface area contributed by atoms with Crippen molar-refractivity contribution in [3.8, 4) is 0 Å². The Morgan fingerprint density at radius 3 is 2.33 bits per heavy atom. The number of halogens is 1. The molecule has 0 bridgehead atoms. The van der Waals surface area contributed by atoms with E-state index in [0.717, 1.165) is 12.1 Å². The van der Waals surface area contributed by atoms with Crippen LogP contribution in [0, 0.1) is 10.1 Å². The van der Waals surface area contributed by atoms with Gasteiger partial charge in [-0.15, -0.1) is 0 Å². The smallest absolute Gasteiger partial charge is 0.293 e. The van der Waals surface area contributed by atoms with Crippen LogP contribution in [0.5, 0.6) is 0 Å². The fourth-order valence-corrected chi connectivity index (χ4v) is 2.23. The van der Waals surface area contributed by atoms with E-state index in [1.165, 1.54) is 19.0 Å². The fraction of sp³-hybridized carbons (Fsp3) is 0.333. The lowest BCUT2D eigenvalue weighted by Crippen LogP contribution is -2.17. The fourth-order valence-electron chi connectivity index (χ4n) is 1.47. The first-order valence-electron chi connectivity index (χ1n) is 4.76. The summed E-state index contributed by atoms with van der Waals surface area (Å²) in [6.07, 6.45) is 0. The van der Waals surface area contributed by atoms with Crippen LogP contribution in [0.15, 0.2) is 17.0 Å². The highest BCUT2D eigenvalue weighted by molar-refractivity contribution is 7.89. The van der Waals surface area contributed by atoms with Crippen molar-refractivity contribution in [1.29, 1.82) is 0 Å². The highest BCUT2D eigenvalue weighted by Crippen LogP contribution is 2.32. The maximum absolute atomic E-state index is 12.8. The predicted octanol–water partition coefficient (Wildman–Crippen LogP) is 0.778. The third-order valence-electron chi connectivity index (χ3n) is 2.29. The van der Waals surface area contributed by atoms with E-state index in [0.29, 0.717) is 0 Å². The zero-order chi connectivity index (χ0) is 14.1. The van der Waals surface area contributed by atoms with Gasteiger partial charge in [0.15, 0.2) is 0 Å². The SMILES string of the molecule is CN(C)c1cc(CF)c(S(N)(=O)=O)cc1[N+](=O)[O-]. The summed E-state index contributed by atoms with van der Waals surface area (Å²) in [5.41, 5.74) is -0.534. The number of primary sulfonamides is 1. The molecule has 1 aromatic rings. The van der Waals surface area contributed by atoms with Gasteiger partial charge in [-0.2, -0.15) is 0 Å². The molecule has 0 aliphatic rings. The van der Waals surface area contributed by atoms with Crippen LogP contribution >= 0.6 is 0 Å². The van der Waals surface area contributed by atoms with Crippen LogP contribution in [0.25, 0.3) is 0 Å². The van der Waals surface area contributed by atoms with E-state index >= 15 is 0 Å². The average Bonchev–Trinajstić information content (AvgIpc) is 2.25. The van der Waals surface area contributed by atoms with Crippen molar-refractivity contribution in [2.45, 2.75) is 11.6 Å². The molecule has 1 rings (SSSR count).